The van der Waals surface area contributed by atoms with Gasteiger partial charge in [0.05, 0.1) is 18.5 Å². The zero-order chi connectivity index (χ0) is 19.1. The third-order valence-electron chi connectivity index (χ3n) is 4.55. The van der Waals surface area contributed by atoms with Gasteiger partial charge in [0.1, 0.15) is 5.75 Å². The average molecular weight is 391 g/mol. The number of hydrogen-bond acceptors (Lipinski definition) is 5. The molecular formula is C20H26N2O4S. The molecular weight excluding hydrogens is 364 g/mol. The molecule has 0 radical (unpaired) electrons. The van der Waals surface area contributed by atoms with Gasteiger partial charge in [0.15, 0.2) is 0 Å². The van der Waals surface area contributed by atoms with Crippen LogP contribution in [0.4, 0.5) is 11.4 Å². The summed E-state index contributed by atoms with van der Waals surface area (Å²) in [5.74, 6) is 0.763. The van der Waals surface area contributed by atoms with E-state index in [0.29, 0.717) is 18.7 Å². The molecule has 7 heteroatoms. The van der Waals surface area contributed by atoms with E-state index in [1.807, 2.05) is 42.5 Å². The minimum absolute atomic E-state index is 0.0171. The SMILES string of the molecule is CO[C@H]1CCN(c2ccc(NS(=O)(=O)CCCOc3ccccc3)cc2)C1. The lowest BCUT2D eigenvalue weighted by Gasteiger charge is -2.18. The van der Waals surface area contributed by atoms with Gasteiger partial charge in [-0.05, 0) is 49.2 Å². The van der Waals surface area contributed by atoms with Crippen molar-refractivity contribution < 1.29 is 17.9 Å². The zero-order valence-electron chi connectivity index (χ0n) is 15.5. The van der Waals surface area contributed by atoms with E-state index in [1.54, 1.807) is 19.2 Å². The van der Waals surface area contributed by atoms with Crippen LogP contribution in [0.3, 0.4) is 0 Å². The Bertz CT molecular complexity index is 810. The van der Waals surface area contributed by atoms with Crippen LogP contribution in [0.5, 0.6) is 5.75 Å². The molecule has 3 rings (SSSR count). The number of anilines is 2. The second kappa shape index (κ2) is 9.10. The zero-order valence-corrected chi connectivity index (χ0v) is 16.3. The second-order valence-corrected chi connectivity index (χ2v) is 8.42. The predicted octanol–water partition coefficient (Wildman–Crippen LogP) is 3.12. The number of nitrogens with zero attached hydrogens (tertiary/aromatic N) is 1. The maximum absolute atomic E-state index is 12.2. The molecule has 0 bridgehead atoms. The minimum Gasteiger partial charge on any atom is -0.494 e. The van der Waals surface area contributed by atoms with Crippen molar-refractivity contribution in [1.29, 1.82) is 0 Å². The lowest BCUT2D eigenvalue weighted by atomic mass is 10.2. The average Bonchev–Trinajstić information content (AvgIpc) is 3.16. The van der Waals surface area contributed by atoms with E-state index < -0.39 is 10.0 Å². The van der Waals surface area contributed by atoms with Crippen molar-refractivity contribution >= 4 is 21.4 Å². The summed E-state index contributed by atoms with van der Waals surface area (Å²) in [4.78, 5) is 2.24. The Morgan fingerprint density at radius 2 is 1.85 bits per heavy atom. The van der Waals surface area contributed by atoms with E-state index in [4.69, 9.17) is 9.47 Å². The molecule has 1 N–H and O–H groups in total. The number of benzene rings is 2. The van der Waals surface area contributed by atoms with Crippen LogP contribution >= 0.6 is 0 Å². The fourth-order valence-electron chi connectivity index (χ4n) is 3.08. The lowest BCUT2D eigenvalue weighted by Crippen LogP contribution is -2.22. The topological polar surface area (TPSA) is 67.9 Å². The number of para-hydroxylation sites is 1. The maximum atomic E-state index is 12.2. The summed E-state index contributed by atoms with van der Waals surface area (Å²) in [6.07, 6.45) is 1.70. The molecule has 2 aromatic rings. The molecule has 0 aliphatic carbocycles. The molecule has 1 atom stereocenters. The van der Waals surface area contributed by atoms with E-state index in [2.05, 4.69) is 9.62 Å². The number of sulfonamides is 1. The Hall–Kier alpha value is -2.25. The summed E-state index contributed by atoms with van der Waals surface area (Å²) in [5, 5.41) is 0. The Morgan fingerprint density at radius 3 is 2.52 bits per heavy atom. The molecule has 1 heterocycles. The first-order valence-corrected chi connectivity index (χ1v) is 10.8. The molecule has 0 amide bonds. The van der Waals surface area contributed by atoms with E-state index in [0.717, 1.165) is 30.9 Å². The molecule has 0 unspecified atom stereocenters. The number of rotatable bonds is 9. The first-order valence-electron chi connectivity index (χ1n) is 9.12. The summed E-state index contributed by atoms with van der Waals surface area (Å²) in [5.41, 5.74) is 1.65. The molecule has 146 valence electrons. The van der Waals surface area contributed by atoms with Crippen LogP contribution in [0.25, 0.3) is 0 Å². The van der Waals surface area contributed by atoms with Gasteiger partial charge in [0, 0.05) is 31.6 Å². The van der Waals surface area contributed by atoms with Crippen LogP contribution in [-0.2, 0) is 14.8 Å². The van der Waals surface area contributed by atoms with Crippen molar-refractivity contribution in [1.82, 2.24) is 0 Å². The van der Waals surface area contributed by atoms with E-state index in [-0.39, 0.29) is 11.9 Å². The highest BCUT2D eigenvalue weighted by Crippen LogP contribution is 2.23. The third kappa shape index (κ3) is 5.87. The quantitative estimate of drug-likeness (QED) is 0.667. The fourth-order valence-corrected chi connectivity index (χ4v) is 4.18. The van der Waals surface area contributed by atoms with Gasteiger partial charge < -0.3 is 14.4 Å². The Balaban J connectivity index is 1.46. The Labute approximate surface area is 161 Å². The smallest absolute Gasteiger partial charge is 0.232 e. The Morgan fingerprint density at radius 1 is 1.11 bits per heavy atom. The van der Waals surface area contributed by atoms with Gasteiger partial charge >= 0.3 is 0 Å². The summed E-state index contributed by atoms with van der Waals surface area (Å²) in [7, 11) is -1.66. The first kappa shape index (κ1) is 19.5. The fraction of sp³-hybridized carbons (Fsp3) is 0.400. The van der Waals surface area contributed by atoms with Gasteiger partial charge in [0.25, 0.3) is 0 Å². The summed E-state index contributed by atoms with van der Waals surface area (Å²) in [6.45, 7) is 2.17. The van der Waals surface area contributed by atoms with Crippen LogP contribution in [0.15, 0.2) is 54.6 Å². The van der Waals surface area contributed by atoms with Crippen LogP contribution in [0.1, 0.15) is 12.8 Å². The molecule has 0 saturated carbocycles. The molecule has 1 aliphatic rings. The highest BCUT2D eigenvalue weighted by atomic mass is 32.2. The van der Waals surface area contributed by atoms with Crippen molar-refractivity contribution in [2.45, 2.75) is 18.9 Å². The Kier molecular flexibility index (Phi) is 6.58. The molecule has 0 spiro atoms. The highest BCUT2D eigenvalue weighted by molar-refractivity contribution is 7.92. The molecule has 1 aliphatic heterocycles. The van der Waals surface area contributed by atoms with E-state index >= 15 is 0 Å². The highest BCUT2D eigenvalue weighted by Gasteiger charge is 2.22. The van der Waals surface area contributed by atoms with Crippen LogP contribution in [-0.4, -0.2) is 47.1 Å². The van der Waals surface area contributed by atoms with Crippen molar-refractivity contribution in [3.63, 3.8) is 0 Å². The van der Waals surface area contributed by atoms with Crippen molar-refractivity contribution in [3.05, 3.63) is 54.6 Å². The van der Waals surface area contributed by atoms with Crippen LogP contribution in [0.2, 0.25) is 0 Å². The first-order chi connectivity index (χ1) is 13.1. The van der Waals surface area contributed by atoms with E-state index in [9.17, 15) is 8.42 Å². The molecule has 0 aromatic heterocycles. The standard InChI is InChI=1S/C20H26N2O4S/c1-25-20-12-13-22(16-20)18-10-8-17(9-11-18)21-27(23,24)15-5-14-26-19-6-3-2-4-7-19/h2-4,6-11,20-21H,5,12-16H2,1H3/t20-/m0/s1. The van der Waals surface area contributed by atoms with Crippen LogP contribution < -0.4 is 14.4 Å². The van der Waals surface area contributed by atoms with Crippen molar-refractivity contribution in [2.75, 3.05) is 42.2 Å². The van der Waals surface area contributed by atoms with Gasteiger partial charge in [-0.15, -0.1) is 0 Å². The van der Waals surface area contributed by atoms with Gasteiger partial charge in [-0.2, -0.15) is 0 Å². The van der Waals surface area contributed by atoms with Gasteiger partial charge in [-0.1, -0.05) is 18.2 Å². The molecule has 1 saturated heterocycles. The minimum atomic E-state index is -3.40. The normalized spacial score (nSPS) is 17.1. The molecule has 27 heavy (non-hydrogen) atoms. The lowest BCUT2D eigenvalue weighted by molar-refractivity contribution is 0.121. The largest absolute Gasteiger partial charge is 0.494 e. The van der Waals surface area contributed by atoms with E-state index in [1.165, 1.54) is 0 Å². The maximum Gasteiger partial charge on any atom is 0.232 e. The van der Waals surface area contributed by atoms with Crippen LogP contribution in [0, 0.1) is 0 Å². The summed E-state index contributed by atoms with van der Waals surface area (Å²) < 4.78 is 38.0. The molecule has 2 aromatic carbocycles. The van der Waals surface area contributed by atoms with Gasteiger partial charge in [0.2, 0.25) is 10.0 Å². The van der Waals surface area contributed by atoms with Crippen molar-refractivity contribution in [2.24, 2.45) is 0 Å². The predicted molar refractivity (Wildman–Crippen MR) is 108 cm³/mol. The summed E-state index contributed by atoms with van der Waals surface area (Å²) >= 11 is 0. The number of methoxy groups -OCH3 is 1. The third-order valence-corrected chi connectivity index (χ3v) is 5.93. The summed E-state index contributed by atoms with van der Waals surface area (Å²) in [6, 6.07) is 16.9. The second-order valence-electron chi connectivity index (χ2n) is 6.58. The molecule has 1 fully saturated rings. The number of hydrogen-bond donors (Lipinski definition) is 1. The van der Waals surface area contributed by atoms with Gasteiger partial charge in [-0.3, -0.25) is 4.72 Å². The monoisotopic (exact) mass is 390 g/mol. The number of ether oxygens (including phenoxy) is 2. The van der Waals surface area contributed by atoms with Gasteiger partial charge in [-0.25, -0.2) is 8.42 Å². The van der Waals surface area contributed by atoms with Crippen molar-refractivity contribution in [3.8, 4) is 5.75 Å². The molecule has 6 nitrogen and oxygen atoms in total. The number of nitrogens with one attached hydrogen (secondary N) is 1.